The van der Waals surface area contributed by atoms with Crippen LogP contribution in [0.5, 0.6) is 5.75 Å². The fourth-order valence-electron chi connectivity index (χ4n) is 2.22. The van der Waals surface area contributed by atoms with Gasteiger partial charge in [-0.1, -0.05) is 25.1 Å². The van der Waals surface area contributed by atoms with Gasteiger partial charge in [0.2, 0.25) is 0 Å². The molecule has 1 N–H and O–H groups in total. The summed E-state index contributed by atoms with van der Waals surface area (Å²) in [6, 6.07) is 8.27. The Kier molecular flexibility index (Phi) is 5.13. The summed E-state index contributed by atoms with van der Waals surface area (Å²) < 4.78 is 5.64. The Bertz CT molecular complexity index is 386. The molecule has 1 aliphatic carbocycles. The summed E-state index contributed by atoms with van der Waals surface area (Å²) >= 11 is 0. The van der Waals surface area contributed by atoms with Crippen LogP contribution < -0.4 is 10.1 Å². The fraction of sp³-hybridized carbons (Fsp3) is 0.500. The summed E-state index contributed by atoms with van der Waals surface area (Å²) in [5, 5.41) is 3.52. The number of nitrogens with one attached hydrogen (secondary N) is 1. The molecule has 0 heterocycles. The first-order chi connectivity index (χ1) is 8.88. The zero-order valence-corrected chi connectivity index (χ0v) is 11.2. The van der Waals surface area contributed by atoms with Crippen molar-refractivity contribution < 1.29 is 4.74 Å². The van der Waals surface area contributed by atoms with Crippen LogP contribution in [0.2, 0.25) is 0 Å². The van der Waals surface area contributed by atoms with E-state index in [1.807, 2.05) is 12.1 Å². The van der Waals surface area contributed by atoms with Crippen LogP contribution in [-0.2, 0) is 0 Å². The van der Waals surface area contributed by atoms with Crippen molar-refractivity contribution in [3.8, 4) is 5.75 Å². The molecule has 0 radical (unpaired) electrons. The van der Waals surface area contributed by atoms with Crippen LogP contribution in [0.25, 0.3) is 0 Å². The Labute approximate surface area is 110 Å². The summed E-state index contributed by atoms with van der Waals surface area (Å²) in [5.41, 5.74) is 1.16. The molecule has 0 fully saturated rings. The van der Waals surface area contributed by atoms with Gasteiger partial charge in [-0.25, -0.2) is 0 Å². The molecule has 0 bridgehead atoms. The van der Waals surface area contributed by atoms with E-state index in [2.05, 4.69) is 36.5 Å². The third-order valence-electron chi connectivity index (χ3n) is 3.28. The van der Waals surface area contributed by atoms with Crippen molar-refractivity contribution in [2.75, 3.05) is 18.5 Å². The maximum absolute atomic E-state index is 5.64. The largest absolute Gasteiger partial charge is 0.494 e. The van der Waals surface area contributed by atoms with Gasteiger partial charge in [-0.15, -0.1) is 0 Å². The maximum Gasteiger partial charge on any atom is 0.121 e. The van der Waals surface area contributed by atoms with Crippen LogP contribution >= 0.6 is 0 Å². The number of rotatable bonds is 6. The van der Waals surface area contributed by atoms with Crippen molar-refractivity contribution in [1.82, 2.24) is 0 Å². The summed E-state index contributed by atoms with van der Waals surface area (Å²) in [6.07, 6.45) is 9.37. The van der Waals surface area contributed by atoms with E-state index >= 15 is 0 Å². The molecule has 1 aliphatic rings. The Hall–Kier alpha value is -1.44. The monoisotopic (exact) mass is 245 g/mol. The van der Waals surface area contributed by atoms with E-state index in [9.17, 15) is 0 Å². The van der Waals surface area contributed by atoms with Gasteiger partial charge in [0.05, 0.1) is 6.61 Å². The highest BCUT2D eigenvalue weighted by atomic mass is 16.5. The van der Waals surface area contributed by atoms with Gasteiger partial charge in [0.25, 0.3) is 0 Å². The SMILES string of the molecule is CCCOc1cccc(NCC2CC=CCC2)c1. The Morgan fingerprint density at radius 3 is 3.06 bits per heavy atom. The molecule has 2 heteroatoms. The van der Waals surface area contributed by atoms with Crippen molar-refractivity contribution in [3.63, 3.8) is 0 Å². The number of allylic oxidation sites excluding steroid dienone is 2. The van der Waals surface area contributed by atoms with Crippen molar-refractivity contribution in [3.05, 3.63) is 36.4 Å². The van der Waals surface area contributed by atoms with Crippen molar-refractivity contribution in [1.29, 1.82) is 0 Å². The molecule has 18 heavy (non-hydrogen) atoms. The van der Waals surface area contributed by atoms with Crippen LogP contribution in [0, 0.1) is 5.92 Å². The minimum absolute atomic E-state index is 0.773. The minimum Gasteiger partial charge on any atom is -0.494 e. The molecule has 1 unspecified atom stereocenters. The first-order valence-electron chi connectivity index (χ1n) is 7.00. The molecule has 1 aromatic rings. The maximum atomic E-state index is 5.64. The van der Waals surface area contributed by atoms with Gasteiger partial charge in [-0.2, -0.15) is 0 Å². The number of benzene rings is 1. The number of hydrogen-bond donors (Lipinski definition) is 1. The lowest BCUT2D eigenvalue weighted by Crippen LogP contribution is -2.15. The highest BCUT2D eigenvalue weighted by Gasteiger charge is 2.09. The van der Waals surface area contributed by atoms with E-state index in [0.29, 0.717) is 0 Å². The highest BCUT2D eigenvalue weighted by Crippen LogP contribution is 2.21. The molecule has 0 aliphatic heterocycles. The second-order valence-corrected chi connectivity index (χ2v) is 4.91. The van der Waals surface area contributed by atoms with Crippen LogP contribution in [-0.4, -0.2) is 13.2 Å². The Morgan fingerprint density at radius 1 is 1.33 bits per heavy atom. The molecule has 0 saturated carbocycles. The second-order valence-electron chi connectivity index (χ2n) is 4.91. The van der Waals surface area contributed by atoms with Crippen molar-refractivity contribution in [2.24, 2.45) is 5.92 Å². The molecule has 98 valence electrons. The first kappa shape index (κ1) is 13.0. The molecule has 0 amide bonds. The van der Waals surface area contributed by atoms with Gasteiger partial charge in [-0.3, -0.25) is 0 Å². The molecule has 1 atom stereocenters. The van der Waals surface area contributed by atoms with Gasteiger partial charge >= 0.3 is 0 Å². The third-order valence-corrected chi connectivity index (χ3v) is 3.28. The topological polar surface area (TPSA) is 21.3 Å². The Balaban J connectivity index is 1.82. The first-order valence-corrected chi connectivity index (χ1v) is 7.00. The number of ether oxygens (including phenoxy) is 1. The normalized spacial score (nSPS) is 18.6. The summed E-state index contributed by atoms with van der Waals surface area (Å²) in [6.45, 7) is 3.97. The van der Waals surface area contributed by atoms with Crippen molar-refractivity contribution in [2.45, 2.75) is 32.6 Å². The molecule has 0 aromatic heterocycles. The van der Waals surface area contributed by atoms with E-state index in [-0.39, 0.29) is 0 Å². The van der Waals surface area contributed by atoms with Crippen LogP contribution in [0.3, 0.4) is 0 Å². The fourth-order valence-corrected chi connectivity index (χ4v) is 2.22. The van der Waals surface area contributed by atoms with Gasteiger partial charge in [0, 0.05) is 18.3 Å². The van der Waals surface area contributed by atoms with Crippen LogP contribution in [0.4, 0.5) is 5.69 Å². The lowest BCUT2D eigenvalue weighted by atomic mass is 9.94. The number of anilines is 1. The van der Waals surface area contributed by atoms with E-state index in [0.717, 1.165) is 36.9 Å². The summed E-state index contributed by atoms with van der Waals surface area (Å²) in [7, 11) is 0. The van der Waals surface area contributed by atoms with Gasteiger partial charge < -0.3 is 10.1 Å². The molecule has 1 aromatic carbocycles. The Morgan fingerprint density at radius 2 is 2.28 bits per heavy atom. The van der Waals surface area contributed by atoms with E-state index in [1.165, 1.54) is 19.3 Å². The van der Waals surface area contributed by atoms with Gasteiger partial charge in [0.1, 0.15) is 5.75 Å². The van der Waals surface area contributed by atoms with E-state index < -0.39 is 0 Å². The quantitative estimate of drug-likeness (QED) is 0.757. The van der Waals surface area contributed by atoms with Crippen LogP contribution in [0.1, 0.15) is 32.6 Å². The lowest BCUT2D eigenvalue weighted by molar-refractivity contribution is 0.317. The van der Waals surface area contributed by atoms with Crippen molar-refractivity contribution >= 4 is 5.69 Å². The lowest BCUT2D eigenvalue weighted by Gasteiger charge is -2.19. The highest BCUT2D eigenvalue weighted by molar-refractivity contribution is 5.48. The predicted molar refractivity (Wildman–Crippen MR) is 77.2 cm³/mol. The summed E-state index contributed by atoms with van der Waals surface area (Å²) in [5.74, 6) is 1.74. The predicted octanol–water partition coefficient (Wildman–Crippen LogP) is 4.24. The standard InChI is InChI=1S/C16H23NO/c1-2-11-18-16-10-6-9-15(12-16)17-13-14-7-4-3-5-8-14/h3-4,6,9-10,12,14,17H,2,5,7-8,11,13H2,1H3. The molecule has 2 nitrogen and oxygen atoms in total. The second kappa shape index (κ2) is 7.10. The smallest absolute Gasteiger partial charge is 0.121 e. The zero-order valence-electron chi connectivity index (χ0n) is 11.2. The van der Waals surface area contributed by atoms with Gasteiger partial charge in [0.15, 0.2) is 0 Å². The third kappa shape index (κ3) is 4.10. The summed E-state index contributed by atoms with van der Waals surface area (Å²) in [4.78, 5) is 0. The van der Waals surface area contributed by atoms with E-state index in [4.69, 9.17) is 4.74 Å². The average molecular weight is 245 g/mol. The molecular formula is C16H23NO. The number of hydrogen-bond acceptors (Lipinski definition) is 2. The molecule has 0 saturated heterocycles. The molecule has 2 rings (SSSR count). The van der Waals surface area contributed by atoms with E-state index in [1.54, 1.807) is 0 Å². The zero-order chi connectivity index (χ0) is 12.6. The molecular weight excluding hydrogens is 222 g/mol. The minimum atomic E-state index is 0.773. The van der Waals surface area contributed by atoms with Crippen LogP contribution in [0.15, 0.2) is 36.4 Å². The average Bonchev–Trinajstić information content (AvgIpc) is 2.44. The van der Waals surface area contributed by atoms with Gasteiger partial charge in [-0.05, 0) is 43.7 Å². The molecule has 0 spiro atoms.